The van der Waals surface area contributed by atoms with Gasteiger partial charge in [0.25, 0.3) is 0 Å². The summed E-state index contributed by atoms with van der Waals surface area (Å²) in [5.41, 5.74) is -0.852. The Morgan fingerprint density at radius 3 is 2.45 bits per heavy atom. The summed E-state index contributed by atoms with van der Waals surface area (Å²) < 4.78 is 10.9. The standard InChI is InChI=1S/C7H12O3S/c8-4-1-7(9)2-5-11(10)6-3-7/h4,9H,1-3,5-6H2. The summed E-state index contributed by atoms with van der Waals surface area (Å²) in [6.45, 7) is 0. The summed E-state index contributed by atoms with van der Waals surface area (Å²) in [7, 11) is -0.766. The minimum atomic E-state index is -0.852. The number of carbonyl (C=O) groups is 1. The van der Waals surface area contributed by atoms with Crippen LogP contribution in [0.3, 0.4) is 0 Å². The van der Waals surface area contributed by atoms with Gasteiger partial charge in [-0.1, -0.05) is 0 Å². The Balaban J connectivity index is 2.47. The molecule has 0 amide bonds. The van der Waals surface area contributed by atoms with Crippen molar-refractivity contribution in [2.45, 2.75) is 24.9 Å². The van der Waals surface area contributed by atoms with Crippen LogP contribution in [0, 0.1) is 0 Å². The zero-order valence-corrected chi connectivity index (χ0v) is 7.10. The van der Waals surface area contributed by atoms with E-state index in [1.807, 2.05) is 0 Å². The number of carbonyl (C=O) groups excluding carboxylic acids is 1. The average Bonchev–Trinajstić information content (AvgIpc) is 1.97. The molecule has 0 aliphatic carbocycles. The van der Waals surface area contributed by atoms with Gasteiger partial charge < -0.3 is 9.90 Å². The lowest BCUT2D eigenvalue weighted by Crippen LogP contribution is -2.37. The van der Waals surface area contributed by atoms with Crippen LogP contribution in [-0.4, -0.2) is 32.7 Å². The fraction of sp³-hybridized carbons (Fsp3) is 0.857. The van der Waals surface area contributed by atoms with Crippen molar-refractivity contribution in [1.29, 1.82) is 0 Å². The highest BCUT2D eigenvalue weighted by Crippen LogP contribution is 2.24. The van der Waals surface area contributed by atoms with Gasteiger partial charge in [-0.25, -0.2) is 0 Å². The molecular formula is C7H12O3S. The highest BCUT2D eigenvalue weighted by atomic mass is 32.2. The summed E-state index contributed by atoms with van der Waals surface area (Å²) >= 11 is 0. The average molecular weight is 176 g/mol. The molecule has 4 heteroatoms. The molecule has 0 bridgehead atoms. The van der Waals surface area contributed by atoms with Gasteiger partial charge in [-0.05, 0) is 12.8 Å². The fourth-order valence-corrected chi connectivity index (χ4v) is 2.61. The van der Waals surface area contributed by atoms with Gasteiger partial charge in [0, 0.05) is 28.7 Å². The van der Waals surface area contributed by atoms with E-state index >= 15 is 0 Å². The molecule has 0 unspecified atom stereocenters. The maximum absolute atomic E-state index is 10.9. The number of hydrogen-bond acceptors (Lipinski definition) is 3. The molecular weight excluding hydrogens is 164 g/mol. The summed E-state index contributed by atoms with van der Waals surface area (Å²) in [4.78, 5) is 10.1. The largest absolute Gasteiger partial charge is 0.389 e. The van der Waals surface area contributed by atoms with E-state index in [0.717, 1.165) is 6.29 Å². The van der Waals surface area contributed by atoms with Crippen molar-refractivity contribution in [3.8, 4) is 0 Å². The van der Waals surface area contributed by atoms with E-state index in [-0.39, 0.29) is 6.42 Å². The molecule has 64 valence electrons. The zero-order chi connectivity index (χ0) is 8.32. The lowest BCUT2D eigenvalue weighted by atomic mass is 9.94. The van der Waals surface area contributed by atoms with Crippen molar-refractivity contribution in [2.24, 2.45) is 0 Å². The lowest BCUT2D eigenvalue weighted by Gasteiger charge is -2.29. The molecule has 0 saturated carbocycles. The number of rotatable bonds is 2. The number of aliphatic hydroxyl groups is 1. The van der Waals surface area contributed by atoms with Gasteiger partial charge in [0.1, 0.15) is 6.29 Å². The highest BCUT2D eigenvalue weighted by molar-refractivity contribution is 7.85. The van der Waals surface area contributed by atoms with Gasteiger partial charge >= 0.3 is 0 Å². The normalized spacial score (nSPS) is 38.5. The Morgan fingerprint density at radius 1 is 1.45 bits per heavy atom. The van der Waals surface area contributed by atoms with Gasteiger partial charge in [-0.15, -0.1) is 0 Å². The third-order valence-corrected chi connectivity index (χ3v) is 3.37. The molecule has 1 heterocycles. The van der Waals surface area contributed by atoms with Crippen LogP contribution in [0.25, 0.3) is 0 Å². The Hall–Kier alpha value is -0.220. The van der Waals surface area contributed by atoms with Gasteiger partial charge in [0.2, 0.25) is 0 Å². The molecule has 1 aliphatic heterocycles. The van der Waals surface area contributed by atoms with Crippen LogP contribution in [0.15, 0.2) is 0 Å². The summed E-state index contributed by atoms with van der Waals surface area (Å²) in [5, 5.41) is 9.62. The molecule has 1 rings (SSSR count). The predicted octanol–water partition coefficient (Wildman–Crippen LogP) is -0.151. The SMILES string of the molecule is O=CCC1(O)CCS(=O)CC1. The van der Waals surface area contributed by atoms with Crippen molar-refractivity contribution in [3.05, 3.63) is 0 Å². The third-order valence-electron chi connectivity index (χ3n) is 2.05. The monoisotopic (exact) mass is 176 g/mol. The second-order valence-corrected chi connectivity index (χ2v) is 4.64. The molecule has 0 aromatic heterocycles. The first-order valence-electron chi connectivity index (χ1n) is 3.67. The molecule has 1 saturated heterocycles. The fourth-order valence-electron chi connectivity index (χ4n) is 1.19. The van der Waals surface area contributed by atoms with E-state index in [1.54, 1.807) is 0 Å². The topological polar surface area (TPSA) is 54.4 Å². The molecule has 3 nitrogen and oxygen atoms in total. The van der Waals surface area contributed by atoms with Crippen molar-refractivity contribution < 1.29 is 14.1 Å². The predicted molar refractivity (Wildman–Crippen MR) is 42.7 cm³/mol. The third kappa shape index (κ3) is 2.38. The van der Waals surface area contributed by atoms with Gasteiger partial charge in [-0.3, -0.25) is 4.21 Å². The van der Waals surface area contributed by atoms with E-state index in [9.17, 15) is 14.1 Å². The van der Waals surface area contributed by atoms with Crippen molar-refractivity contribution in [2.75, 3.05) is 11.5 Å². The Kier molecular flexibility index (Phi) is 2.78. The summed E-state index contributed by atoms with van der Waals surface area (Å²) in [6.07, 6.45) is 1.91. The lowest BCUT2D eigenvalue weighted by molar-refractivity contribution is -0.112. The van der Waals surface area contributed by atoms with Gasteiger partial charge in [0.15, 0.2) is 0 Å². The Bertz CT molecular complexity index is 169. The first kappa shape index (κ1) is 8.87. The van der Waals surface area contributed by atoms with Crippen LogP contribution in [0.5, 0.6) is 0 Å². The summed E-state index contributed by atoms with van der Waals surface area (Å²) in [6, 6.07) is 0. The first-order valence-corrected chi connectivity index (χ1v) is 5.16. The van der Waals surface area contributed by atoms with Crippen LogP contribution in [-0.2, 0) is 15.6 Å². The molecule has 0 aromatic carbocycles. The Labute approximate surface area is 68.3 Å². The quantitative estimate of drug-likeness (QED) is 0.595. The van der Waals surface area contributed by atoms with Crippen LogP contribution in [0.2, 0.25) is 0 Å². The second kappa shape index (κ2) is 3.45. The minimum absolute atomic E-state index is 0.185. The zero-order valence-electron chi connectivity index (χ0n) is 6.28. The summed E-state index contributed by atoms with van der Waals surface area (Å²) in [5.74, 6) is 1.06. The van der Waals surface area contributed by atoms with E-state index < -0.39 is 16.4 Å². The van der Waals surface area contributed by atoms with Crippen LogP contribution < -0.4 is 0 Å². The van der Waals surface area contributed by atoms with Crippen LogP contribution >= 0.6 is 0 Å². The molecule has 0 radical (unpaired) electrons. The molecule has 1 aliphatic rings. The van der Waals surface area contributed by atoms with E-state index in [2.05, 4.69) is 0 Å². The molecule has 0 spiro atoms. The van der Waals surface area contributed by atoms with Gasteiger partial charge in [0.05, 0.1) is 5.60 Å². The number of aldehydes is 1. The number of hydrogen-bond donors (Lipinski definition) is 1. The van der Waals surface area contributed by atoms with Gasteiger partial charge in [-0.2, -0.15) is 0 Å². The molecule has 1 fully saturated rings. The molecule has 1 N–H and O–H groups in total. The van der Waals surface area contributed by atoms with Crippen molar-refractivity contribution in [3.63, 3.8) is 0 Å². The molecule has 11 heavy (non-hydrogen) atoms. The van der Waals surface area contributed by atoms with Crippen LogP contribution in [0.4, 0.5) is 0 Å². The molecule has 0 atom stereocenters. The van der Waals surface area contributed by atoms with E-state index in [4.69, 9.17) is 0 Å². The minimum Gasteiger partial charge on any atom is -0.389 e. The molecule has 0 aromatic rings. The maximum atomic E-state index is 10.9. The maximum Gasteiger partial charge on any atom is 0.122 e. The van der Waals surface area contributed by atoms with Crippen molar-refractivity contribution in [1.82, 2.24) is 0 Å². The van der Waals surface area contributed by atoms with Crippen molar-refractivity contribution >= 4 is 17.1 Å². The first-order chi connectivity index (χ1) is 5.16. The van der Waals surface area contributed by atoms with E-state index in [1.165, 1.54) is 0 Å². The highest BCUT2D eigenvalue weighted by Gasteiger charge is 2.31. The van der Waals surface area contributed by atoms with Crippen LogP contribution in [0.1, 0.15) is 19.3 Å². The smallest absolute Gasteiger partial charge is 0.122 e. The van der Waals surface area contributed by atoms with E-state index in [0.29, 0.717) is 24.3 Å². The second-order valence-electron chi connectivity index (χ2n) is 2.94. The Morgan fingerprint density at radius 2 is 2.00 bits per heavy atom.